The van der Waals surface area contributed by atoms with Crippen molar-refractivity contribution < 1.29 is 9.59 Å². The first-order valence-corrected chi connectivity index (χ1v) is 8.04. The van der Waals surface area contributed by atoms with Gasteiger partial charge in [0.2, 0.25) is 11.8 Å². The monoisotopic (exact) mass is 296 g/mol. The SMILES string of the molecule is CC(C)[C@H](N)C(=O)NCC(=O)NC1CCN(C2CC2)CC1. The molecule has 0 aromatic rings. The lowest BCUT2D eigenvalue weighted by Gasteiger charge is -2.32. The molecule has 1 saturated carbocycles. The topological polar surface area (TPSA) is 87.5 Å². The molecule has 0 unspecified atom stereocenters. The number of hydrogen-bond acceptors (Lipinski definition) is 4. The minimum Gasteiger partial charge on any atom is -0.352 e. The van der Waals surface area contributed by atoms with Crippen LogP contribution in [0.2, 0.25) is 0 Å². The third-order valence-electron chi connectivity index (χ3n) is 4.40. The summed E-state index contributed by atoms with van der Waals surface area (Å²) in [5, 5.41) is 5.60. The van der Waals surface area contributed by atoms with Crippen LogP contribution in [-0.2, 0) is 9.59 Å². The van der Waals surface area contributed by atoms with Gasteiger partial charge in [0, 0.05) is 25.2 Å². The molecule has 21 heavy (non-hydrogen) atoms. The fourth-order valence-corrected chi connectivity index (χ4v) is 2.72. The van der Waals surface area contributed by atoms with Crippen LogP contribution in [0.15, 0.2) is 0 Å². The fraction of sp³-hybridized carbons (Fsp3) is 0.867. The molecule has 6 nitrogen and oxygen atoms in total. The number of hydrogen-bond donors (Lipinski definition) is 3. The molecule has 1 aliphatic heterocycles. The van der Waals surface area contributed by atoms with Crippen molar-refractivity contribution in [1.82, 2.24) is 15.5 Å². The average Bonchev–Trinajstić information content (AvgIpc) is 3.29. The Kier molecular flexibility index (Phi) is 5.58. The van der Waals surface area contributed by atoms with Crippen LogP contribution in [0.4, 0.5) is 0 Å². The van der Waals surface area contributed by atoms with Gasteiger partial charge in [-0.15, -0.1) is 0 Å². The third-order valence-corrected chi connectivity index (χ3v) is 4.40. The largest absolute Gasteiger partial charge is 0.352 e. The molecule has 2 aliphatic rings. The van der Waals surface area contributed by atoms with Crippen LogP contribution in [0.3, 0.4) is 0 Å². The van der Waals surface area contributed by atoms with Crippen molar-refractivity contribution >= 4 is 11.8 Å². The summed E-state index contributed by atoms with van der Waals surface area (Å²) in [5.74, 6) is -0.312. The standard InChI is InChI=1S/C15H28N4O2/c1-10(2)14(16)15(21)17-9-13(20)18-11-5-7-19(8-6-11)12-3-4-12/h10-12,14H,3-9,16H2,1-2H3,(H,17,21)(H,18,20)/t14-/m0/s1. The number of carbonyl (C=O) groups is 2. The van der Waals surface area contributed by atoms with Gasteiger partial charge in [0.1, 0.15) is 0 Å². The summed E-state index contributed by atoms with van der Waals surface area (Å²) in [6.07, 6.45) is 4.67. The number of nitrogens with one attached hydrogen (secondary N) is 2. The van der Waals surface area contributed by atoms with Crippen molar-refractivity contribution in [2.75, 3.05) is 19.6 Å². The van der Waals surface area contributed by atoms with E-state index in [0.717, 1.165) is 32.0 Å². The first-order valence-electron chi connectivity index (χ1n) is 8.04. The van der Waals surface area contributed by atoms with Crippen LogP contribution in [-0.4, -0.2) is 54.5 Å². The maximum absolute atomic E-state index is 11.9. The lowest BCUT2D eigenvalue weighted by Crippen LogP contribution is -2.50. The molecular weight excluding hydrogens is 268 g/mol. The van der Waals surface area contributed by atoms with Crippen molar-refractivity contribution in [2.45, 2.75) is 57.7 Å². The summed E-state index contributed by atoms with van der Waals surface area (Å²) in [4.78, 5) is 26.1. The van der Waals surface area contributed by atoms with E-state index in [1.54, 1.807) is 0 Å². The Morgan fingerprint density at radius 1 is 1.19 bits per heavy atom. The lowest BCUT2D eigenvalue weighted by atomic mass is 10.0. The lowest BCUT2D eigenvalue weighted by molar-refractivity contribution is -0.127. The Morgan fingerprint density at radius 2 is 1.81 bits per heavy atom. The zero-order valence-corrected chi connectivity index (χ0v) is 13.1. The smallest absolute Gasteiger partial charge is 0.239 e. The van der Waals surface area contributed by atoms with Crippen molar-refractivity contribution in [1.29, 1.82) is 0 Å². The average molecular weight is 296 g/mol. The summed E-state index contributed by atoms with van der Waals surface area (Å²) >= 11 is 0. The second-order valence-electron chi connectivity index (χ2n) is 6.60. The highest BCUT2D eigenvalue weighted by Gasteiger charge is 2.32. The van der Waals surface area contributed by atoms with Gasteiger partial charge < -0.3 is 21.3 Å². The number of amides is 2. The maximum Gasteiger partial charge on any atom is 0.239 e. The summed E-state index contributed by atoms with van der Waals surface area (Å²) in [6, 6.07) is 0.487. The van der Waals surface area contributed by atoms with Gasteiger partial charge in [-0.2, -0.15) is 0 Å². The normalized spacial score (nSPS) is 22.1. The summed E-state index contributed by atoms with van der Waals surface area (Å²) in [6.45, 7) is 5.93. The van der Waals surface area contributed by atoms with E-state index in [9.17, 15) is 9.59 Å². The van der Waals surface area contributed by atoms with E-state index < -0.39 is 6.04 Å². The molecule has 2 rings (SSSR count). The molecule has 1 atom stereocenters. The van der Waals surface area contributed by atoms with E-state index in [1.807, 2.05) is 13.8 Å². The van der Waals surface area contributed by atoms with Crippen LogP contribution in [0, 0.1) is 5.92 Å². The zero-order chi connectivity index (χ0) is 15.4. The predicted molar refractivity (Wildman–Crippen MR) is 81.6 cm³/mol. The molecule has 2 amide bonds. The molecule has 120 valence electrons. The molecule has 1 saturated heterocycles. The van der Waals surface area contributed by atoms with Crippen LogP contribution in [0.25, 0.3) is 0 Å². The third kappa shape index (κ3) is 4.97. The van der Waals surface area contributed by atoms with E-state index in [1.165, 1.54) is 12.8 Å². The highest BCUT2D eigenvalue weighted by molar-refractivity contribution is 5.87. The van der Waals surface area contributed by atoms with E-state index >= 15 is 0 Å². The molecule has 2 fully saturated rings. The van der Waals surface area contributed by atoms with Crippen LogP contribution >= 0.6 is 0 Å². The highest BCUT2D eigenvalue weighted by Crippen LogP contribution is 2.29. The Morgan fingerprint density at radius 3 is 2.33 bits per heavy atom. The number of likely N-dealkylation sites (tertiary alicyclic amines) is 1. The molecule has 0 aromatic carbocycles. The second-order valence-corrected chi connectivity index (χ2v) is 6.60. The molecule has 6 heteroatoms. The van der Waals surface area contributed by atoms with Gasteiger partial charge in [-0.05, 0) is 31.6 Å². The van der Waals surface area contributed by atoms with Crippen LogP contribution in [0.5, 0.6) is 0 Å². The minimum atomic E-state index is -0.556. The summed E-state index contributed by atoms with van der Waals surface area (Å²) in [5.41, 5.74) is 5.73. The first-order chi connectivity index (χ1) is 9.97. The van der Waals surface area contributed by atoms with Crippen molar-refractivity contribution in [3.63, 3.8) is 0 Å². The number of rotatable bonds is 6. The summed E-state index contributed by atoms with van der Waals surface area (Å²) in [7, 11) is 0. The number of piperidine rings is 1. The molecule has 0 radical (unpaired) electrons. The molecule has 4 N–H and O–H groups in total. The zero-order valence-electron chi connectivity index (χ0n) is 13.1. The van der Waals surface area contributed by atoms with Gasteiger partial charge in [0.05, 0.1) is 12.6 Å². The van der Waals surface area contributed by atoms with Gasteiger partial charge >= 0.3 is 0 Å². The van der Waals surface area contributed by atoms with Gasteiger partial charge in [-0.25, -0.2) is 0 Å². The number of carbonyl (C=O) groups excluding carboxylic acids is 2. The van der Waals surface area contributed by atoms with Gasteiger partial charge in [-0.3, -0.25) is 9.59 Å². The molecule has 0 aromatic heterocycles. The number of nitrogens with two attached hydrogens (primary N) is 1. The molecule has 0 bridgehead atoms. The fourth-order valence-electron chi connectivity index (χ4n) is 2.72. The number of nitrogens with zero attached hydrogens (tertiary/aromatic N) is 1. The molecular formula is C15H28N4O2. The Labute approximate surface area is 126 Å². The quantitative estimate of drug-likeness (QED) is 0.635. The van der Waals surface area contributed by atoms with Crippen LogP contribution < -0.4 is 16.4 Å². The van der Waals surface area contributed by atoms with Crippen molar-refractivity contribution in [3.05, 3.63) is 0 Å². The molecule has 1 heterocycles. The van der Waals surface area contributed by atoms with E-state index in [-0.39, 0.29) is 30.3 Å². The van der Waals surface area contributed by atoms with Crippen molar-refractivity contribution in [3.8, 4) is 0 Å². The Hall–Kier alpha value is -1.14. The van der Waals surface area contributed by atoms with Crippen LogP contribution in [0.1, 0.15) is 39.5 Å². The second kappa shape index (κ2) is 7.22. The predicted octanol–water partition coefficient (Wildman–Crippen LogP) is -0.171. The van der Waals surface area contributed by atoms with E-state index in [4.69, 9.17) is 5.73 Å². The van der Waals surface area contributed by atoms with E-state index in [2.05, 4.69) is 15.5 Å². The molecule has 1 aliphatic carbocycles. The van der Waals surface area contributed by atoms with E-state index in [0.29, 0.717) is 0 Å². The Bertz CT molecular complexity index is 374. The minimum absolute atomic E-state index is 0.0160. The maximum atomic E-state index is 11.9. The van der Waals surface area contributed by atoms with Gasteiger partial charge in [0.25, 0.3) is 0 Å². The summed E-state index contributed by atoms with van der Waals surface area (Å²) < 4.78 is 0. The first kappa shape index (κ1) is 16.2. The Balaban J connectivity index is 1.62. The van der Waals surface area contributed by atoms with Gasteiger partial charge in [-0.1, -0.05) is 13.8 Å². The van der Waals surface area contributed by atoms with Gasteiger partial charge in [0.15, 0.2) is 0 Å². The highest BCUT2D eigenvalue weighted by atomic mass is 16.2. The molecule has 0 spiro atoms. The van der Waals surface area contributed by atoms with Crippen molar-refractivity contribution in [2.24, 2.45) is 11.7 Å².